The van der Waals surface area contributed by atoms with Crippen LogP contribution in [0.4, 0.5) is 0 Å². The molecule has 0 bridgehead atoms. The molecular formula is C13H17NO2S. The monoisotopic (exact) mass is 251 g/mol. The van der Waals surface area contributed by atoms with Crippen LogP contribution < -0.4 is 0 Å². The van der Waals surface area contributed by atoms with Gasteiger partial charge in [0.2, 0.25) is 0 Å². The Morgan fingerprint density at radius 1 is 1.47 bits per heavy atom. The van der Waals surface area contributed by atoms with E-state index in [0.29, 0.717) is 0 Å². The molecule has 3 nitrogen and oxygen atoms in total. The summed E-state index contributed by atoms with van der Waals surface area (Å²) in [7, 11) is 3.75. The van der Waals surface area contributed by atoms with Crippen LogP contribution in [0.25, 0.3) is 0 Å². The molecule has 1 heterocycles. The average molecular weight is 251 g/mol. The molecule has 0 spiro atoms. The maximum Gasteiger partial charge on any atom is 0.115 e. The maximum absolute atomic E-state index is 9.37. The highest BCUT2D eigenvalue weighted by atomic mass is 32.2. The number of hydrogen-bond donors (Lipinski definition) is 1. The lowest BCUT2D eigenvalue weighted by molar-refractivity contribution is 0.136. The SMILES string of the molecule is COC(C1=CN(C)CS1)c1ccccc1CO. The molecule has 1 aliphatic heterocycles. The van der Waals surface area contributed by atoms with Crippen molar-refractivity contribution in [1.82, 2.24) is 4.90 Å². The van der Waals surface area contributed by atoms with Crippen LogP contribution in [-0.4, -0.2) is 30.0 Å². The highest BCUT2D eigenvalue weighted by Gasteiger charge is 2.23. The summed E-state index contributed by atoms with van der Waals surface area (Å²) in [5, 5.41) is 9.37. The Hall–Kier alpha value is -0.970. The number of methoxy groups -OCH3 is 1. The van der Waals surface area contributed by atoms with Crippen LogP contribution in [-0.2, 0) is 11.3 Å². The third-order valence-corrected chi connectivity index (χ3v) is 3.97. The van der Waals surface area contributed by atoms with E-state index in [1.165, 1.54) is 4.91 Å². The summed E-state index contributed by atoms with van der Waals surface area (Å²) < 4.78 is 5.58. The van der Waals surface area contributed by atoms with Gasteiger partial charge in [0.25, 0.3) is 0 Å². The van der Waals surface area contributed by atoms with E-state index < -0.39 is 0 Å². The van der Waals surface area contributed by atoms with E-state index in [1.807, 2.05) is 31.3 Å². The molecule has 0 fully saturated rings. The van der Waals surface area contributed by atoms with Crippen molar-refractivity contribution in [3.63, 3.8) is 0 Å². The number of hydrogen-bond acceptors (Lipinski definition) is 4. The number of rotatable bonds is 4. The summed E-state index contributed by atoms with van der Waals surface area (Å²) >= 11 is 1.78. The first kappa shape index (κ1) is 12.5. The third kappa shape index (κ3) is 2.65. The van der Waals surface area contributed by atoms with Crippen molar-refractivity contribution in [3.05, 3.63) is 46.5 Å². The summed E-state index contributed by atoms with van der Waals surface area (Å²) in [6, 6.07) is 7.86. The van der Waals surface area contributed by atoms with Crippen molar-refractivity contribution in [2.24, 2.45) is 0 Å². The minimum absolute atomic E-state index is 0.0455. The highest BCUT2D eigenvalue weighted by molar-refractivity contribution is 8.03. The minimum Gasteiger partial charge on any atom is -0.392 e. The molecule has 0 saturated carbocycles. The van der Waals surface area contributed by atoms with Crippen molar-refractivity contribution in [2.75, 3.05) is 20.0 Å². The predicted octanol–water partition coefficient (Wildman–Crippen LogP) is 2.34. The third-order valence-electron chi connectivity index (χ3n) is 2.78. The van der Waals surface area contributed by atoms with Gasteiger partial charge >= 0.3 is 0 Å². The molecule has 17 heavy (non-hydrogen) atoms. The van der Waals surface area contributed by atoms with Crippen LogP contribution in [0.1, 0.15) is 17.2 Å². The second-order valence-electron chi connectivity index (χ2n) is 4.03. The zero-order valence-electron chi connectivity index (χ0n) is 10.1. The molecule has 2 rings (SSSR count). The van der Waals surface area contributed by atoms with Gasteiger partial charge in [0.1, 0.15) is 6.10 Å². The van der Waals surface area contributed by atoms with E-state index in [-0.39, 0.29) is 12.7 Å². The topological polar surface area (TPSA) is 32.7 Å². The van der Waals surface area contributed by atoms with Gasteiger partial charge in [0.15, 0.2) is 0 Å². The van der Waals surface area contributed by atoms with Gasteiger partial charge in [0, 0.05) is 25.3 Å². The van der Waals surface area contributed by atoms with Crippen molar-refractivity contribution < 1.29 is 9.84 Å². The fraction of sp³-hybridized carbons (Fsp3) is 0.385. The molecule has 1 aromatic carbocycles. The lowest BCUT2D eigenvalue weighted by Crippen LogP contribution is -2.06. The Kier molecular flexibility index (Phi) is 4.10. The molecule has 1 unspecified atom stereocenters. The van der Waals surface area contributed by atoms with E-state index in [4.69, 9.17) is 4.74 Å². The maximum atomic E-state index is 9.37. The largest absolute Gasteiger partial charge is 0.392 e. The van der Waals surface area contributed by atoms with Gasteiger partial charge in [-0.15, -0.1) is 11.8 Å². The second-order valence-corrected chi connectivity index (χ2v) is 5.05. The molecular weight excluding hydrogens is 234 g/mol. The molecule has 1 atom stereocenters. The lowest BCUT2D eigenvalue weighted by Gasteiger charge is -2.18. The van der Waals surface area contributed by atoms with Crippen LogP contribution in [0.15, 0.2) is 35.4 Å². The fourth-order valence-corrected chi connectivity index (χ4v) is 3.00. The predicted molar refractivity (Wildman–Crippen MR) is 70.4 cm³/mol. The van der Waals surface area contributed by atoms with E-state index in [9.17, 15) is 5.11 Å². The van der Waals surface area contributed by atoms with Crippen LogP contribution in [0.5, 0.6) is 0 Å². The van der Waals surface area contributed by atoms with Crippen molar-refractivity contribution in [3.8, 4) is 0 Å². The zero-order valence-corrected chi connectivity index (χ0v) is 10.9. The first-order chi connectivity index (χ1) is 8.26. The van der Waals surface area contributed by atoms with Crippen molar-refractivity contribution in [2.45, 2.75) is 12.7 Å². The normalized spacial score (nSPS) is 17.1. The molecule has 0 aromatic heterocycles. The summed E-state index contributed by atoms with van der Waals surface area (Å²) in [4.78, 5) is 3.32. The minimum atomic E-state index is -0.0756. The van der Waals surface area contributed by atoms with Crippen LogP contribution >= 0.6 is 11.8 Å². The van der Waals surface area contributed by atoms with Crippen LogP contribution in [0.2, 0.25) is 0 Å². The molecule has 1 N–H and O–H groups in total. The van der Waals surface area contributed by atoms with Gasteiger partial charge in [-0.25, -0.2) is 0 Å². The van der Waals surface area contributed by atoms with Crippen molar-refractivity contribution in [1.29, 1.82) is 0 Å². The molecule has 92 valence electrons. The lowest BCUT2D eigenvalue weighted by atomic mass is 10.0. The van der Waals surface area contributed by atoms with Gasteiger partial charge in [-0.1, -0.05) is 24.3 Å². The molecule has 1 aliphatic rings. The van der Waals surface area contributed by atoms with Gasteiger partial charge in [0.05, 0.1) is 12.5 Å². The Morgan fingerprint density at radius 2 is 2.24 bits per heavy atom. The quantitative estimate of drug-likeness (QED) is 0.890. The summed E-state index contributed by atoms with van der Waals surface area (Å²) in [6.45, 7) is 0.0455. The summed E-state index contributed by atoms with van der Waals surface area (Å²) in [5.74, 6) is 0.955. The highest BCUT2D eigenvalue weighted by Crippen LogP contribution is 2.38. The number of aliphatic hydroxyl groups excluding tert-OH is 1. The van der Waals surface area contributed by atoms with Crippen LogP contribution in [0.3, 0.4) is 0 Å². The molecule has 0 saturated heterocycles. The Morgan fingerprint density at radius 3 is 2.82 bits per heavy atom. The summed E-state index contributed by atoms with van der Waals surface area (Å²) in [6.07, 6.45) is 2.03. The Bertz CT molecular complexity index is 420. The number of nitrogens with zero attached hydrogens (tertiary/aromatic N) is 1. The van der Waals surface area contributed by atoms with E-state index in [2.05, 4.69) is 11.1 Å². The second kappa shape index (κ2) is 5.58. The van der Waals surface area contributed by atoms with E-state index in [1.54, 1.807) is 18.9 Å². The number of ether oxygens (including phenoxy) is 1. The number of aliphatic hydroxyl groups is 1. The Labute approximate surface area is 106 Å². The number of thioether (sulfide) groups is 1. The zero-order chi connectivity index (χ0) is 12.3. The smallest absolute Gasteiger partial charge is 0.115 e. The fourth-order valence-electron chi connectivity index (χ4n) is 1.94. The molecule has 1 aromatic rings. The van der Waals surface area contributed by atoms with Gasteiger partial charge in [-0.3, -0.25) is 0 Å². The first-order valence-electron chi connectivity index (χ1n) is 5.52. The average Bonchev–Trinajstić information content (AvgIpc) is 2.77. The summed E-state index contributed by atoms with van der Waals surface area (Å²) in [5.41, 5.74) is 1.97. The number of benzene rings is 1. The van der Waals surface area contributed by atoms with Crippen molar-refractivity contribution >= 4 is 11.8 Å². The molecule has 0 radical (unpaired) electrons. The molecule has 4 heteroatoms. The Balaban J connectivity index is 2.32. The van der Waals surface area contributed by atoms with Gasteiger partial charge in [-0.05, 0) is 11.1 Å². The molecule has 0 aliphatic carbocycles. The van der Waals surface area contributed by atoms with E-state index in [0.717, 1.165) is 17.0 Å². The first-order valence-corrected chi connectivity index (χ1v) is 6.51. The standard InChI is InChI=1S/C13H17NO2S/c1-14-7-12(17-9-14)13(16-2)11-6-4-3-5-10(11)8-15/h3-7,13,15H,8-9H2,1-2H3. The van der Waals surface area contributed by atoms with E-state index >= 15 is 0 Å². The van der Waals surface area contributed by atoms with Gasteiger partial charge < -0.3 is 14.7 Å². The van der Waals surface area contributed by atoms with Gasteiger partial charge in [-0.2, -0.15) is 0 Å². The molecule has 0 amide bonds. The van der Waals surface area contributed by atoms with Crippen LogP contribution in [0, 0.1) is 0 Å².